The van der Waals surface area contributed by atoms with Gasteiger partial charge < -0.3 is 14.8 Å². The highest BCUT2D eigenvalue weighted by Crippen LogP contribution is 2.48. The van der Waals surface area contributed by atoms with Crippen molar-refractivity contribution in [3.8, 4) is 11.8 Å². The zero-order valence-electron chi connectivity index (χ0n) is 20.6. The van der Waals surface area contributed by atoms with Crippen LogP contribution in [0, 0.1) is 18.5 Å². The van der Waals surface area contributed by atoms with Gasteiger partial charge in [-0.2, -0.15) is 5.26 Å². The van der Waals surface area contributed by atoms with Crippen molar-refractivity contribution in [2.45, 2.75) is 26.4 Å². The molecule has 38 heavy (non-hydrogen) atoms. The number of Topliss-reactive ketones (excluding diaryl/α,β-unsaturated/α-hetero) is 1. The first-order valence-corrected chi connectivity index (χ1v) is 14.1. The average Bonchev–Trinajstić information content (AvgIpc) is 3.19. The quantitative estimate of drug-likeness (QED) is 0.231. The number of carbonyl (C=O) groups excluding carboxylic acids is 2. The van der Waals surface area contributed by atoms with Gasteiger partial charge in [-0.15, -0.1) is 0 Å². The summed E-state index contributed by atoms with van der Waals surface area (Å²) in [6.45, 7) is 4.09. The maximum atomic E-state index is 13.7. The van der Waals surface area contributed by atoms with Crippen molar-refractivity contribution < 1.29 is 19.1 Å². The first-order chi connectivity index (χ1) is 18.3. The van der Waals surface area contributed by atoms with Crippen LogP contribution in [0.4, 0.5) is 0 Å². The SMILES string of the molecule is CCOC(=O)C1=C(C)NC2=C(C(=O)c3ccccc32)[C@H]1c1cc(I)c(OCc2ccccc2C#N)c(I)c1. The Morgan fingerprint density at radius 1 is 1.05 bits per heavy atom. The minimum absolute atomic E-state index is 0.0964. The zero-order valence-corrected chi connectivity index (χ0v) is 24.9. The van der Waals surface area contributed by atoms with Crippen LogP contribution in [0.2, 0.25) is 0 Å². The summed E-state index contributed by atoms with van der Waals surface area (Å²) in [4.78, 5) is 26.9. The van der Waals surface area contributed by atoms with Crippen LogP contribution in [0.5, 0.6) is 5.75 Å². The molecule has 1 atom stereocenters. The van der Waals surface area contributed by atoms with E-state index in [9.17, 15) is 14.9 Å². The Balaban J connectivity index is 1.58. The number of halogens is 2. The van der Waals surface area contributed by atoms with Gasteiger partial charge in [0.05, 0.1) is 36.7 Å². The fraction of sp³-hybridized carbons (Fsp3) is 0.167. The van der Waals surface area contributed by atoms with E-state index in [4.69, 9.17) is 9.47 Å². The van der Waals surface area contributed by atoms with E-state index < -0.39 is 11.9 Å². The fourth-order valence-corrected chi connectivity index (χ4v) is 7.06. The topological polar surface area (TPSA) is 88.4 Å². The van der Waals surface area contributed by atoms with Crippen LogP contribution in [0.3, 0.4) is 0 Å². The number of hydrogen-bond donors (Lipinski definition) is 1. The summed E-state index contributed by atoms with van der Waals surface area (Å²) < 4.78 is 13.3. The molecule has 6 nitrogen and oxygen atoms in total. The minimum Gasteiger partial charge on any atom is -0.487 e. The molecule has 5 rings (SSSR count). The Hall–Kier alpha value is -3.17. The monoisotopic (exact) mass is 728 g/mol. The third-order valence-corrected chi connectivity index (χ3v) is 8.21. The maximum Gasteiger partial charge on any atom is 0.336 e. The van der Waals surface area contributed by atoms with E-state index in [0.29, 0.717) is 33.7 Å². The Morgan fingerprint density at radius 2 is 1.71 bits per heavy atom. The molecular weight excluding hydrogens is 706 g/mol. The molecule has 8 heteroatoms. The first kappa shape index (κ1) is 26.4. The van der Waals surface area contributed by atoms with Crippen LogP contribution >= 0.6 is 45.2 Å². The van der Waals surface area contributed by atoms with Gasteiger partial charge in [-0.1, -0.05) is 42.5 Å². The van der Waals surface area contributed by atoms with E-state index in [1.807, 2.05) is 61.5 Å². The van der Waals surface area contributed by atoms with Crippen molar-refractivity contribution in [2.24, 2.45) is 0 Å². The van der Waals surface area contributed by atoms with Crippen molar-refractivity contribution >= 4 is 62.6 Å². The van der Waals surface area contributed by atoms with Gasteiger partial charge in [-0.3, -0.25) is 4.79 Å². The summed E-state index contributed by atoms with van der Waals surface area (Å²) >= 11 is 4.43. The van der Waals surface area contributed by atoms with Crippen molar-refractivity contribution in [2.75, 3.05) is 6.61 Å². The van der Waals surface area contributed by atoms with Crippen LogP contribution in [0.25, 0.3) is 5.70 Å². The number of nitrogens with zero attached hydrogens (tertiary/aromatic N) is 1. The second-order valence-corrected chi connectivity index (χ2v) is 11.2. The van der Waals surface area contributed by atoms with Crippen LogP contribution in [0.15, 0.2) is 77.5 Å². The number of hydrogen-bond acceptors (Lipinski definition) is 6. The van der Waals surface area contributed by atoms with Crippen molar-refractivity contribution in [1.82, 2.24) is 5.32 Å². The second-order valence-electron chi connectivity index (χ2n) is 8.85. The molecule has 1 aliphatic carbocycles. The summed E-state index contributed by atoms with van der Waals surface area (Å²) in [7, 11) is 0. The summed E-state index contributed by atoms with van der Waals surface area (Å²) in [5.74, 6) is -0.456. The highest BCUT2D eigenvalue weighted by Gasteiger charge is 2.43. The molecule has 0 radical (unpaired) electrons. The number of rotatable bonds is 6. The summed E-state index contributed by atoms with van der Waals surface area (Å²) in [5.41, 5.74) is 6.00. The zero-order chi connectivity index (χ0) is 27.0. The molecular formula is C30H22I2N2O4. The predicted octanol–water partition coefficient (Wildman–Crippen LogP) is 6.48. The standard InChI is InChI=1S/C30H22I2N2O4/c1-3-37-30(36)24-16(2)34-27-20-10-6-7-11-21(20)28(35)26(27)25(24)19-12-22(31)29(23(32)13-19)38-15-18-9-5-4-8-17(18)14-33/h4-13,25,34H,3,15H2,1-2H3/t25-/m0/s1. The van der Waals surface area contributed by atoms with Crippen LogP contribution in [0.1, 0.15) is 52.4 Å². The highest BCUT2D eigenvalue weighted by atomic mass is 127. The summed E-state index contributed by atoms with van der Waals surface area (Å²) in [6.07, 6.45) is 0. The first-order valence-electron chi connectivity index (χ1n) is 12.0. The average molecular weight is 728 g/mol. The lowest BCUT2D eigenvalue weighted by Crippen LogP contribution is -2.29. The molecule has 0 saturated carbocycles. The lowest BCUT2D eigenvalue weighted by molar-refractivity contribution is -0.138. The second kappa shape index (κ2) is 10.9. The van der Waals surface area contributed by atoms with Crippen molar-refractivity contribution in [1.29, 1.82) is 5.26 Å². The Labute approximate surface area is 248 Å². The van der Waals surface area contributed by atoms with E-state index in [2.05, 4.69) is 56.6 Å². The molecule has 0 spiro atoms. The number of esters is 1. The molecule has 0 amide bonds. The van der Waals surface area contributed by atoms with Crippen LogP contribution < -0.4 is 10.1 Å². The Morgan fingerprint density at radius 3 is 2.39 bits per heavy atom. The molecule has 0 fully saturated rings. The van der Waals surface area contributed by atoms with Gasteiger partial charge in [-0.25, -0.2) is 4.79 Å². The number of fused-ring (bicyclic) bond motifs is 2. The highest BCUT2D eigenvalue weighted by molar-refractivity contribution is 14.1. The predicted molar refractivity (Wildman–Crippen MR) is 160 cm³/mol. The number of carbonyl (C=O) groups is 2. The number of allylic oxidation sites excluding steroid dienone is 2. The van der Waals surface area contributed by atoms with E-state index in [1.54, 1.807) is 13.0 Å². The Bertz CT molecular complexity index is 1580. The molecule has 1 N–H and O–H groups in total. The third-order valence-electron chi connectivity index (χ3n) is 6.61. The summed E-state index contributed by atoms with van der Waals surface area (Å²) in [6, 6.07) is 20.9. The van der Waals surface area contributed by atoms with Gasteiger partial charge in [0.25, 0.3) is 0 Å². The van der Waals surface area contributed by atoms with E-state index in [0.717, 1.165) is 29.5 Å². The molecule has 0 aromatic heterocycles. The molecule has 3 aromatic rings. The number of nitrogens with one attached hydrogen (secondary N) is 1. The molecule has 3 aromatic carbocycles. The van der Waals surface area contributed by atoms with Crippen molar-refractivity contribution in [3.05, 3.63) is 112 Å². The van der Waals surface area contributed by atoms with Gasteiger partial charge in [0.1, 0.15) is 12.4 Å². The smallest absolute Gasteiger partial charge is 0.336 e. The molecule has 1 heterocycles. The number of ether oxygens (including phenoxy) is 2. The van der Waals surface area contributed by atoms with E-state index in [-0.39, 0.29) is 19.0 Å². The van der Waals surface area contributed by atoms with Gasteiger partial charge in [0, 0.05) is 33.9 Å². The van der Waals surface area contributed by atoms with Crippen LogP contribution in [-0.2, 0) is 16.1 Å². The molecule has 0 saturated heterocycles. The molecule has 190 valence electrons. The number of dihydropyridines is 1. The Kier molecular flexibility index (Phi) is 7.59. The van der Waals surface area contributed by atoms with E-state index >= 15 is 0 Å². The molecule has 0 bridgehead atoms. The lowest BCUT2D eigenvalue weighted by atomic mass is 9.80. The van der Waals surface area contributed by atoms with Crippen LogP contribution in [-0.4, -0.2) is 18.4 Å². The van der Waals surface area contributed by atoms with Gasteiger partial charge in [-0.05, 0) is 82.8 Å². The van der Waals surface area contributed by atoms with Crippen molar-refractivity contribution in [3.63, 3.8) is 0 Å². The minimum atomic E-state index is -0.597. The molecule has 0 unspecified atom stereocenters. The lowest BCUT2D eigenvalue weighted by Gasteiger charge is -2.29. The van der Waals surface area contributed by atoms with Gasteiger partial charge >= 0.3 is 5.97 Å². The fourth-order valence-electron chi connectivity index (χ4n) is 4.93. The molecule has 2 aliphatic rings. The number of nitriles is 1. The van der Waals surface area contributed by atoms with Gasteiger partial charge in [0.15, 0.2) is 5.78 Å². The van der Waals surface area contributed by atoms with E-state index in [1.165, 1.54) is 0 Å². The largest absolute Gasteiger partial charge is 0.487 e. The third kappa shape index (κ3) is 4.62. The molecule has 1 aliphatic heterocycles. The maximum absolute atomic E-state index is 13.7. The number of ketones is 1. The van der Waals surface area contributed by atoms with Gasteiger partial charge in [0.2, 0.25) is 0 Å². The number of benzene rings is 3. The normalized spacial score (nSPS) is 16.0. The summed E-state index contributed by atoms with van der Waals surface area (Å²) in [5, 5.41) is 12.7.